The molecule has 0 spiro atoms. The van der Waals surface area contributed by atoms with Crippen LogP contribution in [0.15, 0.2) is 0 Å². The van der Waals surface area contributed by atoms with Crippen molar-refractivity contribution in [3.8, 4) is 0 Å². The van der Waals surface area contributed by atoms with Gasteiger partial charge in [-0.15, -0.1) is 0 Å². The number of carbonyl (C=O) groups is 1. The van der Waals surface area contributed by atoms with E-state index in [1.54, 1.807) is 6.92 Å². The van der Waals surface area contributed by atoms with E-state index in [4.69, 9.17) is 4.74 Å². The number of carbonyl (C=O) groups excluding carboxylic acids is 1. The summed E-state index contributed by atoms with van der Waals surface area (Å²) in [5.41, 5.74) is 0. The molecule has 12 heavy (non-hydrogen) atoms. The molecule has 0 aliphatic carbocycles. The standard InChI is InChI=1S/C10H20O2/c1-3-4-5-6-8-12-9-7-10(2)11/h3-9H2,1-2H3. The van der Waals surface area contributed by atoms with Gasteiger partial charge in [0.1, 0.15) is 5.78 Å². The van der Waals surface area contributed by atoms with Crippen LogP contribution in [0.1, 0.15) is 46.0 Å². The molecule has 0 amide bonds. The lowest BCUT2D eigenvalue weighted by Gasteiger charge is -2.01. The monoisotopic (exact) mass is 172 g/mol. The highest BCUT2D eigenvalue weighted by atomic mass is 16.5. The first-order chi connectivity index (χ1) is 5.77. The Morgan fingerprint density at radius 1 is 1.17 bits per heavy atom. The minimum atomic E-state index is 0.212. The molecule has 0 aliphatic heterocycles. The molecule has 0 aromatic heterocycles. The van der Waals surface area contributed by atoms with Gasteiger partial charge in [-0.2, -0.15) is 0 Å². The molecule has 0 radical (unpaired) electrons. The number of ketones is 1. The molecule has 0 aliphatic rings. The SMILES string of the molecule is CCCCCCOCCC(C)=O. The molecular formula is C10H20O2. The number of unbranched alkanes of at least 4 members (excludes halogenated alkanes) is 3. The largest absolute Gasteiger partial charge is 0.381 e. The maximum absolute atomic E-state index is 10.5. The number of rotatable bonds is 8. The first-order valence-corrected chi connectivity index (χ1v) is 4.84. The molecule has 2 heteroatoms. The average Bonchev–Trinajstić information content (AvgIpc) is 2.02. The van der Waals surface area contributed by atoms with Gasteiger partial charge in [0, 0.05) is 13.0 Å². The van der Waals surface area contributed by atoms with Gasteiger partial charge >= 0.3 is 0 Å². The predicted octanol–water partition coefficient (Wildman–Crippen LogP) is 2.56. The van der Waals surface area contributed by atoms with Gasteiger partial charge in [-0.1, -0.05) is 26.2 Å². The van der Waals surface area contributed by atoms with E-state index in [9.17, 15) is 4.79 Å². The highest BCUT2D eigenvalue weighted by Gasteiger charge is 1.93. The van der Waals surface area contributed by atoms with E-state index in [0.717, 1.165) is 13.0 Å². The molecular weight excluding hydrogens is 152 g/mol. The Kier molecular flexibility index (Phi) is 8.46. The third kappa shape index (κ3) is 9.63. The maximum atomic E-state index is 10.5. The lowest BCUT2D eigenvalue weighted by molar-refractivity contribution is -0.118. The second-order valence-electron chi connectivity index (χ2n) is 3.13. The molecule has 2 nitrogen and oxygen atoms in total. The zero-order valence-electron chi connectivity index (χ0n) is 8.27. The van der Waals surface area contributed by atoms with Gasteiger partial charge in [0.15, 0.2) is 0 Å². The lowest BCUT2D eigenvalue weighted by atomic mass is 10.2. The second kappa shape index (κ2) is 8.72. The molecule has 0 aromatic carbocycles. The average molecular weight is 172 g/mol. The highest BCUT2D eigenvalue weighted by molar-refractivity contribution is 5.75. The molecule has 0 bridgehead atoms. The molecule has 0 rings (SSSR count). The number of ether oxygens (including phenoxy) is 1. The van der Waals surface area contributed by atoms with Gasteiger partial charge < -0.3 is 4.74 Å². The van der Waals surface area contributed by atoms with Crippen molar-refractivity contribution in [3.05, 3.63) is 0 Å². The number of hydrogen-bond donors (Lipinski definition) is 0. The first-order valence-electron chi connectivity index (χ1n) is 4.84. The van der Waals surface area contributed by atoms with Crippen molar-refractivity contribution >= 4 is 5.78 Å². The Hall–Kier alpha value is -0.370. The van der Waals surface area contributed by atoms with Gasteiger partial charge in [0.2, 0.25) is 0 Å². The van der Waals surface area contributed by atoms with Crippen molar-refractivity contribution in [3.63, 3.8) is 0 Å². The summed E-state index contributed by atoms with van der Waals surface area (Å²) in [5.74, 6) is 0.212. The normalized spacial score (nSPS) is 10.2. The molecule has 0 heterocycles. The minimum Gasteiger partial charge on any atom is -0.381 e. The molecule has 0 fully saturated rings. The molecule has 0 N–H and O–H groups in total. The Balaban J connectivity index is 2.86. The van der Waals surface area contributed by atoms with Crippen molar-refractivity contribution in [2.24, 2.45) is 0 Å². The van der Waals surface area contributed by atoms with E-state index in [2.05, 4.69) is 6.92 Å². The number of Topliss-reactive ketones (excluding diaryl/α,β-unsaturated/α-hetero) is 1. The highest BCUT2D eigenvalue weighted by Crippen LogP contribution is 1.98. The Morgan fingerprint density at radius 3 is 2.50 bits per heavy atom. The summed E-state index contributed by atoms with van der Waals surface area (Å²) in [6.45, 7) is 5.20. The van der Waals surface area contributed by atoms with Crippen LogP contribution in [0.3, 0.4) is 0 Å². The molecule has 72 valence electrons. The van der Waals surface area contributed by atoms with Crippen molar-refractivity contribution < 1.29 is 9.53 Å². The van der Waals surface area contributed by atoms with Crippen LogP contribution >= 0.6 is 0 Å². The van der Waals surface area contributed by atoms with Crippen LogP contribution in [0.2, 0.25) is 0 Å². The summed E-state index contributed by atoms with van der Waals surface area (Å²) in [6, 6.07) is 0. The van der Waals surface area contributed by atoms with Crippen molar-refractivity contribution in [1.29, 1.82) is 0 Å². The Morgan fingerprint density at radius 2 is 1.92 bits per heavy atom. The van der Waals surface area contributed by atoms with Crippen LogP contribution in [0.5, 0.6) is 0 Å². The second-order valence-corrected chi connectivity index (χ2v) is 3.13. The third-order valence-corrected chi connectivity index (χ3v) is 1.74. The van der Waals surface area contributed by atoms with E-state index < -0.39 is 0 Å². The summed E-state index contributed by atoms with van der Waals surface area (Å²) in [5, 5.41) is 0. The summed E-state index contributed by atoms with van der Waals surface area (Å²) in [6.07, 6.45) is 5.49. The lowest BCUT2D eigenvalue weighted by Crippen LogP contribution is -2.01. The van der Waals surface area contributed by atoms with E-state index in [0.29, 0.717) is 13.0 Å². The fourth-order valence-corrected chi connectivity index (χ4v) is 0.949. The molecule has 0 unspecified atom stereocenters. The van der Waals surface area contributed by atoms with Crippen molar-refractivity contribution in [1.82, 2.24) is 0 Å². The summed E-state index contributed by atoms with van der Waals surface area (Å²) < 4.78 is 5.27. The smallest absolute Gasteiger partial charge is 0.132 e. The first kappa shape index (κ1) is 11.6. The summed E-state index contributed by atoms with van der Waals surface area (Å²) in [7, 11) is 0. The fraction of sp³-hybridized carbons (Fsp3) is 0.900. The van der Waals surface area contributed by atoms with Gasteiger partial charge in [-0.25, -0.2) is 0 Å². The van der Waals surface area contributed by atoms with Crippen LogP contribution < -0.4 is 0 Å². The summed E-state index contributed by atoms with van der Waals surface area (Å²) >= 11 is 0. The van der Waals surface area contributed by atoms with Crippen LogP contribution in [0.4, 0.5) is 0 Å². The predicted molar refractivity (Wildman–Crippen MR) is 50.3 cm³/mol. The molecule has 0 saturated carbocycles. The molecule has 0 aromatic rings. The molecule has 0 saturated heterocycles. The van der Waals surface area contributed by atoms with E-state index in [-0.39, 0.29) is 5.78 Å². The topological polar surface area (TPSA) is 26.3 Å². The van der Waals surface area contributed by atoms with E-state index in [1.165, 1.54) is 19.3 Å². The molecule has 0 atom stereocenters. The van der Waals surface area contributed by atoms with Crippen LogP contribution in [-0.4, -0.2) is 19.0 Å². The fourth-order valence-electron chi connectivity index (χ4n) is 0.949. The van der Waals surface area contributed by atoms with Crippen molar-refractivity contribution in [2.75, 3.05) is 13.2 Å². The van der Waals surface area contributed by atoms with Crippen LogP contribution in [-0.2, 0) is 9.53 Å². The maximum Gasteiger partial charge on any atom is 0.132 e. The quantitative estimate of drug-likeness (QED) is 0.526. The Bertz CT molecular complexity index is 110. The van der Waals surface area contributed by atoms with Gasteiger partial charge in [-0.05, 0) is 13.3 Å². The zero-order chi connectivity index (χ0) is 9.23. The van der Waals surface area contributed by atoms with Gasteiger partial charge in [0.25, 0.3) is 0 Å². The third-order valence-electron chi connectivity index (χ3n) is 1.74. The minimum absolute atomic E-state index is 0.212. The van der Waals surface area contributed by atoms with E-state index in [1.807, 2.05) is 0 Å². The van der Waals surface area contributed by atoms with Crippen LogP contribution in [0.25, 0.3) is 0 Å². The van der Waals surface area contributed by atoms with E-state index >= 15 is 0 Å². The summed E-state index contributed by atoms with van der Waals surface area (Å²) in [4.78, 5) is 10.5. The van der Waals surface area contributed by atoms with Gasteiger partial charge in [0.05, 0.1) is 6.61 Å². The Labute approximate surface area is 75.3 Å². The zero-order valence-corrected chi connectivity index (χ0v) is 8.27. The van der Waals surface area contributed by atoms with Gasteiger partial charge in [-0.3, -0.25) is 4.79 Å². The van der Waals surface area contributed by atoms with Crippen LogP contribution in [0, 0.1) is 0 Å². The number of hydrogen-bond acceptors (Lipinski definition) is 2. The van der Waals surface area contributed by atoms with Crippen molar-refractivity contribution in [2.45, 2.75) is 46.0 Å².